The molecule has 4 nitrogen and oxygen atoms in total. The summed E-state index contributed by atoms with van der Waals surface area (Å²) in [5, 5.41) is 11.0. The number of carbonyl (C=O) groups excluding carboxylic acids is 2. The maximum atomic E-state index is 12.9. The van der Waals surface area contributed by atoms with Gasteiger partial charge in [-0.05, 0) is 42.0 Å². The van der Waals surface area contributed by atoms with Gasteiger partial charge in [0.15, 0.2) is 5.76 Å². The summed E-state index contributed by atoms with van der Waals surface area (Å²) in [5.41, 5.74) is 3.31. The summed E-state index contributed by atoms with van der Waals surface area (Å²) in [6.45, 7) is 10.2. The molecule has 3 aliphatic rings. The van der Waals surface area contributed by atoms with Crippen LogP contribution in [0.3, 0.4) is 0 Å². The highest BCUT2D eigenvalue weighted by molar-refractivity contribution is 6.10. The molecule has 0 heterocycles. The largest absolute Gasteiger partial charge is 0.504 e. The minimum absolute atomic E-state index is 0.0378. The standard InChI is InChI=1S/C29H32O4/c1-18(2)21-17-20-12-13-22-28(3,4)23(15-16-29(22,5)25(20)27(32)26(21)31)33-24(30)14-11-19-9-7-6-8-10-19/h6-14,17-18,23,32H,15-16H2,1-5H3/t23-,29-/m0/s1. The number of ketones is 1. The molecule has 33 heavy (non-hydrogen) atoms. The molecule has 0 radical (unpaired) electrons. The predicted octanol–water partition coefficient (Wildman–Crippen LogP) is 6.28. The quantitative estimate of drug-likeness (QED) is 0.438. The van der Waals surface area contributed by atoms with Gasteiger partial charge < -0.3 is 9.84 Å². The van der Waals surface area contributed by atoms with Crippen molar-refractivity contribution < 1.29 is 19.4 Å². The fraction of sp³-hybridized carbons (Fsp3) is 0.379. The van der Waals surface area contributed by atoms with Gasteiger partial charge in [0.25, 0.3) is 0 Å². The average molecular weight is 445 g/mol. The lowest BCUT2D eigenvalue weighted by Crippen LogP contribution is -2.48. The summed E-state index contributed by atoms with van der Waals surface area (Å²) in [7, 11) is 0. The SMILES string of the molecule is CC(C)C1=CC2=CC=C3C(C)(C)[C@@H](OC(=O)C=Cc4ccccc4)CC[C@]3(C)C2=C(O)C1=O. The first-order valence-electron chi connectivity index (χ1n) is 11.6. The van der Waals surface area contributed by atoms with E-state index < -0.39 is 10.8 Å². The number of rotatable bonds is 4. The van der Waals surface area contributed by atoms with Gasteiger partial charge in [-0.15, -0.1) is 0 Å². The second kappa shape index (κ2) is 8.33. The first-order valence-corrected chi connectivity index (χ1v) is 11.6. The number of fused-ring (bicyclic) bond motifs is 3. The number of hydrogen-bond acceptors (Lipinski definition) is 4. The Morgan fingerprint density at radius 1 is 1.15 bits per heavy atom. The third-order valence-electron chi connectivity index (χ3n) is 7.39. The van der Waals surface area contributed by atoms with Crippen LogP contribution in [-0.2, 0) is 14.3 Å². The van der Waals surface area contributed by atoms with E-state index in [-0.39, 0.29) is 29.5 Å². The molecule has 0 aliphatic heterocycles. The van der Waals surface area contributed by atoms with E-state index in [1.54, 1.807) is 6.08 Å². The van der Waals surface area contributed by atoms with Gasteiger partial charge in [-0.1, -0.05) is 82.7 Å². The highest BCUT2D eigenvalue weighted by atomic mass is 16.5. The molecular weight excluding hydrogens is 412 g/mol. The first kappa shape index (κ1) is 23.0. The molecule has 0 amide bonds. The fourth-order valence-electron chi connectivity index (χ4n) is 5.58. The number of benzene rings is 1. The van der Waals surface area contributed by atoms with Gasteiger partial charge in [0.1, 0.15) is 6.10 Å². The Bertz CT molecular complexity index is 1140. The normalized spacial score (nSPS) is 26.4. The molecule has 0 spiro atoms. The van der Waals surface area contributed by atoms with Crippen molar-refractivity contribution in [3.63, 3.8) is 0 Å². The van der Waals surface area contributed by atoms with Gasteiger partial charge in [-0.25, -0.2) is 4.79 Å². The summed E-state index contributed by atoms with van der Waals surface area (Å²) in [6, 6.07) is 9.64. The molecule has 0 unspecified atom stereocenters. The van der Waals surface area contributed by atoms with Gasteiger partial charge in [-0.3, -0.25) is 4.79 Å². The molecule has 1 N–H and O–H groups in total. The van der Waals surface area contributed by atoms with Crippen LogP contribution >= 0.6 is 0 Å². The Labute approximate surface area is 196 Å². The molecule has 1 aromatic carbocycles. The second-order valence-electron chi connectivity index (χ2n) is 10.3. The molecule has 0 saturated heterocycles. The van der Waals surface area contributed by atoms with Gasteiger partial charge in [0.2, 0.25) is 5.78 Å². The van der Waals surface area contributed by atoms with Crippen LogP contribution in [0.2, 0.25) is 0 Å². The van der Waals surface area contributed by atoms with Gasteiger partial charge in [-0.2, -0.15) is 0 Å². The number of carbonyl (C=O) groups is 2. The van der Waals surface area contributed by atoms with Gasteiger partial charge in [0, 0.05) is 28.1 Å². The number of allylic oxidation sites excluding steroid dienone is 6. The number of aliphatic hydroxyl groups is 1. The smallest absolute Gasteiger partial charge is 0.331 e. The van der Waals surface area contributed by atoms with Gasteiger partial charge >= 0.3 is 5.97 Å². The molecule has 4 heteroatoms. The summed E-state index contributed by atoms with van der Waals surface area (Å²) in [5.74, 6) is -0.752. The van der Waals surface area contributed by atoms with Crippen molar-refractivity contribution in [3.8, 4) is 0 Å². The third kappa shape index (κ3) is 3.92. The number of hydrogen-bond donors (Lipinski definition) is 1. The highest BCUT2D eigenvalue weighted by Crippen LogP contribution is 2.59. The molecule has 1 fully saturated rings. The Morgan fingerprint density at radius 2 is 1.85 bits per heavy atom. The first-order chi connectivity index (χ1) is 15.6. The molecule has 2 atom stereocenters. The third-order valence-corrected chi connectivity index (χ3v) is 7.39. The molecular formula is C29H32O4. The molecule has 3 aliphatic carbocycles. The maximum Gasteiger partial charge on any atom is 0.331 e. The van der Waals surface area contributed by atoms with Crippen molar-refractivity contribution in [3.05, 3.63) is 88.3 Å². The van der Waals surface area contributed by atoms with E-state index in [4.69, 9.17) is 4.74 Å². The van der Waals surface area contributed by atoms with Crippen LogP contribution in [0.1, 0.15) is 53.0 Å². The van der Waals surface area contributed by atoms with Crippen LogP contribution in [0.5, 0.6) is 0 Å². The number of Topliss-reactive ketones (excluding diaryl/α,β-unsaturated/α-hetero) is 1. The van der Waals surface area contributed by atoms with E-state index in [1.807, 2.05) is 56.3 Å². The monoisotopic (exact) mass is 444 g/mol. The summed E-state index contributed by atoms with van der Waals surface area (Å²) in [4.78, 5) is 25.5. The van der Waals surface area contributed by atoms with Crippen LogP contribution in [0.15, 0.2) is 82.7 Å². The molecule has 4 rings (SSSR count). The van der Waals surface area contributed by atoms with Crippen LogP contribution in [0.4, 0.5) is 0 Å². The minimum Gasteiger partial charge on any atom is -0.504 e. The van der Waals surface area contributed by atoms with Crippen LogP contribution < -0.4 is 0 Å². The van der Waals surface area contributed by atoms with E-state index in [2.05, 4.69) is 26.8 Å². The van der Waals surface area contributed by atoms with E-state index in [1.165, 1.54) is 6.08 Å². The average Bonchev–Trinajstić information content (AvgIpc) is 2.77. The summed E-state index contributed by atoms with van der Waals surface area (Å²) < 4.78 is 5.91. The predicted molar refractivity (Wildman–Crippen MR) is 130 cm³/mol. The summed E-state index contributed by atoms with van der Waals surface area (Å²) in [6.07, 6.45) is 10.2. The molecule has 172 valence electrons. The number of ether oxygens (including phenoxy) is 1. The summed E-state index contributed by atoms with van der Waals surface area (Å²) >= 11 is 0. The van der Waals surface area contributed by atoms with Crippen molar-refractivity contribution in [2.24, 2.45) is 16.7 Å². The van der Waals surface area contributed by atoms with Crippen LogP contribution in [0, 0.1) is 16.7 Å². The van der Waals surface area contributed by atoms with Crippen molar-refractivity contribution in [1.29, 1.82) is 0 Å². The van der Waals surface area contributed by atoms with E-state index in [0.717, 1.165) is 16.7 Å². The zero-order chi connectivity index (χ0) is 24.0. The van der Waals surface area contributed by atoms with Crippen molar-refractivity contribution in [2.75, 3.05) is 0 Å². The Morgan fingerprint density at radius 3 is 2.52 bits per heavy atom. The lowest BCUT2D eigenvalue weighted by molar-refractivity contribution is -0.150. The maximum absolute atomic E-state index is 12.9. The van der Waals surface area contributed by atoms with E-state index >= 15 is 0 Å². The van der Waals surface area contributed by atoms with Crippen LogP contribution in [0.25, 0.3) is 6.08 Å². The molecule has 1 saturated carbocycles. The minimum atomic E-state index is -0.491. The molecule has 1 aromatic rings. The second-order valence-corrected chi connectivity index (χ2v) is 10.3. The van der Waals surface area contributed by atoms with Crippen LogP contribution in [-0.4, -0.2) is 23.0 Å². The Hall–Kier alpha value is -3.14. The van der Waals surface area contributed by atoms with Crippen molar-refractivity contribution in [1.82, 2.24) is 0 Å². The number of aliphatic hydroxyl groups excluding tert-OH is 1. The zero-order valence-electron chi connectivity index (χ0n) is 20.0. The van der Waals surface area contributed by atoms with E-state index in [0.29, 0.717) is 24.0 Å². The lowest BCUT2D eigenvalue weighted by Gasteiger charge is -2.52. The fourth-order valence-corrected chi connectivity index (χ4v) is 5.58. The Balaban J connectivity index is 1.63. The van der Waals surface area contributed by atoms with E-state index in [9.17, 15) is 14.7 Å². The number of esters is 1. The zero-order valence-corrected chi connectivity index (χ0v) is 20.0. The lowest BCUT2D eigenvalue weighted by atomic mass is 9.53. The highest BCUT2D eigenvalue weighted by Gasteiger charge is 2.53. The van der Waals surface area contributed by atoms with Gasteiger partial charge in [0.05, 0.1) is 0 Å². The topological polar surface area (TPSA) is 63.6 Å². The molecule has 0 aromatic heterocycles. The Kier molecular flexibility index (Phi) is 5.81. The molecule has 0 bridgehead atoms. The van der Waals surface area contributed by atoms with Crippen molar-refractivity contribution in [2.45, 2.75) is 53.6 Å². The van der Waals surface area contributed by atoms with Crippen molar-refractivity contribution >= 4 is 17.8 Å².